The quantitative estimate of drug-likeness (QED) is 0.361. The lowest BCUT2D eigenvalue weighted by molar-refractivity contribution is -0.477. The number of phenols is 1. The van der Waals surface area contributed by atoms with Gasteiger partial charge in [-0.05, 0) is 18.2 Å². The molecule has 0 amide bonds. The summed E-state index contributed by atoms with van der Waals surface area (Å²) in [6, 6.07) is 5.14. The molecular weight excluding hydrogens is 154 g/mol. The van der Waals surface area contributed by atoms with E-state index in [4.69, 9.17) is 10.8 Å². The van der Waals surface area contributed by atoms with Crippen molar-refractivity contribution in [1.82, 2.24) is 0 Å². The summed E-state index contributed by atoms with van der Waals surface area (Å²) in [4.78, 5) is 2.94. The first-order valence-corrected chi connectivity index (χ1v) is 3.71. The molecule has 12 heavy (non-hydrogen) atoms. The van der Waals surface area contributed by atoms with Crippen molar-refractivity contribution in [3.63, 3.8) is 0 Å². The molecule has 1 aromatic rings. The minimum absolute atomic E-state index is 0.276. The maximum absolute atomic E-state index is 9.16. The third-order valence-corrected chi connectivity index (χ3v) is 1.83. The molecule has 1 aliphatic rings. The zero-order valence-electron chi connectivity index (χ0n) is 6.46. The summed E-state index contributed by atoms with van der Waals surface area (Å²) in [6.45, 7) is 0.655. The Kier molecular flexibility index (Phi) is 1.40. The Hall–Kier alpha value is -1.71. The van der Waals surface area contributed by atoms with Crippen LogP contribution in [0.3, 0.4) is 0 Å². The molecule has 0 spiro atoms. The largest absolute Gasteiger partial charge is 0.508 e. The van der Waals surface area contributed by atoms with Crippen LogP contribution in [0.25, 0.3) is 0 Å². The Morgan fingerprint density at radius 3 is 3.17 bits per heavy atom. The van der Waals surface area contributed by atoms with Crippen molar-refractivity contribution in [3.05, 3.63) is 23.8 Å². The number of nitrogens with two attached hydrogens (primary N) is 1. The molecule has 0 saturated carbocycles. The first-order valence-electron chi connectivity index (χ1n) is 3.71. The Morgan fingerprint density at radius 2 is 2.33 bits per heavy atom. The summed E-state index contributed by atoms with van der Waals surface area (Å²) in [5.41, 5.74) is 7.49. The second kappa shape index (κ2) is 2.41. The third kappa shape index (κ3) is 1.07. The Balaban J connectivity index is 2.43. The number of hydrogen-bond donors (Lipinski definition) is 4. The maximum Gasteiger partial charge on any atom is 0.346 e. The molecule has 1 aliphatic heterocycles. The molecule has 0 fully saturated rings. The molecule has 0 radical (unpaired) electrons. The molecule has 0 atom stereocenters. The summed E-state index contributed by atoms with van der Waals surface area (Å²) in [5, 5.41) is 12.1. The summed E-state index contributed by atoms with van der Waals surface area (Å²) in [5.74, 6) is 0.825. The first kappa shape index (κ1) is 6.97. The minimum atomic E-state index is 0.276. The van der Waals surface area contributed by atoms with E-state index in [0.717, 1.165) is 11.3 Å². The highest BCUT2D eigenvalue weighted by Gasteiger charge is 2.13. The molecular formula is C8H10N3O+. The van der Waals surface area contributed by atoms with E-state index in [0.29, 0.717) is 12.5 Å². The van der Waals surface area contributed by atoms with Crippen LogP contribution in [0.2, 0.25) is 0 Å². The van der Waals surface area contributed by atoms with Gasteiger partial charge in [0, 0.05) is 5.56 Å². The summed E-state index contributed by atoms with van der Waals surface area (Å²) in [7, 11) is 0. The fourth-order valence-electron chi connectivity index (χ4n) is 1.23. The number of guanidine groups is 1. The van der Waals surface area contributed by atoms with Gasteiger partial charge in [-0.15, -0.1) is 0 Å². The predicted octanol–water partition coefficient (Wildman–Crippen LogP) is -1.29. The number of anilines is 1. The van der Waals surface area contributed by atoms with Gasteiger partial charge in [0.2, 0.25) is 0 Å². The monoisotopic (exact) mass is 164 g/mol. The minimum Gasteiger partial charge on any atom is -0.508 e. The number of hydrogen-bond acceptors (Lipinski definition) is 3. The molecule has 1 heterocycles. The topological polar surface area (TPSA) is 72.2 Å². The standard InChI is InChI=1S/C8H9N3O/c9-8-10-4-5-3-6(12)1-2-7(5)11-8/h1-3,12H,4H2,(H3,9,10,11)/p+1. The third-order valence-electron chi connectivity index (χ3n) is 1.83. The summed E-state index contributed by atoms with van der Waals surface area (Å²) in [6.07, 6.45) is 0. The lowest BCUT2D eigenvalue weighted by atomic mass is 10.1. The van der Waals surface area contributed by atoms with Crippen molar-refractivity contribution in [2.75, 3.05) is 5.32 Å². The average molecular weight is 164 g/mol. The van der Waals surface area contributed by atoms with Crippen molar-refractivity contribution in [2.24, 2.45) is 5.73 Å². The number of fused-ring (bicyclic) bond motifs is 1. The van der Waals surface area contributed by atoms with Crippen LogP contribution in [0.5, 0.6) is 5.75 Å². The second-order valence-corrected chi connectivity index (χ2v) is 2.73. The fourth-order valence-corrected chi connectivity index (χ4v) is 1.23. The molecule has 1 aromatic carbocycles. The summed E-state index contributed by atoms with van der Waals surface area (Å²) < 4.78 is 0. The van der Waals surface area contributed by atoms with Crippen LogP contribution >= 0.6 is 0 Å². The number of phenolic OH excluding ortho intramolecular Hbond substituents is 1. The van der Waals surface area contributed by atoms with E-state index in [-0.39, 0.29) is 5.75 Å². The van der Waals surface area contributed by atoms with E-state index < -0.39 is 0 Å². The highest BCUT2D eigenvalue weighted by molar-refractivity contribution is 5.89. The van der Waals surface area contributed by atoms with Crippen LogP contribution in [0.4, 0.5) is 5.69 Å². The number of benzene rings is 1. The molecule has 5 N–H and O–H groups in total. The zero-order valence-corrected chi connectivity index (χ0v) is 6.46. The maximum atomic E-state index is 9.16. The average Bonchev–Trinajstić information content (AvgIpc) is 2.05. The number of aromatic hydroxyl groups is 1. The van der Waals surface area contributed by atoms with Gasteiger partial charge >= 0.3 is 5.96 Å². The lowest BCUT2D eigenvalue weighted by Gasteiger charge is -2.10. The molecule has 4 nitrogen and oxygen atoms in total. The zero-order chi connectivity index (χ0) is 8.55. The lowest BCUT2D eigenvalue weighted by Crippen LogP contribution is -2.77. The predicted molar refractivity (Wildman–Crippen MR) is 45.6 cm³/mol. The van der Waals surface area contributed by atoms with E-state index in [2.05, 4.69) is 10.3 Å². The molecule has 62 valence electrons. The van der Waals surface area contributed by atoms with Gasteiger partial charge in [0.25, 0.3) is 0 Å². The van der Waals surface area contributed by atoms with Crippen LogP contribution in [0.15, 0.2) is 18.2 Å². The highest BCUT2D eigenvalue weighted by atomic mass is 16.3. The Labute approximate surface area is 69.7 Å². The fraction of sp³-hybridized carbons (Fsp3) is 0.125. The number of nitrogens with one attached hydrogen (secondary N) is 2. The molecule has 0 aliphatic carbocycles. The van der Waals surface area contributed by atoms with Gasteiger partial charge in [-0.3, -0.25) is 10.7 Å². The van der Waals surface area contributed by atoms with E-state index in [1.807, 2.05) is 0 Å². The van der Waals surface area contributed by atoms with Gasteiger partial charge in [0.15, 0.2) is 0 Å². The van der Waals surface area contributed by atoms with Gasteiger partial charge in [-0.2, -0.15) is 0 Å². The number of rotatable bonds is 0. The first-order chi connectivity index (χ1) is 5.75. The van der Waals surface area contributed by atoms with Crippen molar-refractivity contribution >= 4 is 11.6 Å². The van der Waals surface area contributed by atoms with Gasteiger partial charge in [0.1, 0.15) is 11.4 Å². The van der Waals surface area contributed by atoms with Crippen molar-refractivity contribution in [2.45, 2.75) is 6.54 Å². The van der Waals surface area contributed by atoms with Crippen LogP contribution in [0.1, 0.15) is 5.56 Å². The van der Waals surface area contributed by atoms with Crippen molar-refractivity contribution in [1.29, 1.82) is 0 Å². The summed E-state index contributed by atoms with van der Waals surface area (Å²) >= 11 is 0. The second-order valence-electron chi connectivity index (χ2n) is 2.73. The van der Waals surface area contributed by atoms with Crippen molar-refractivity contribution in [3.8, 4) is 5.75 Å². The van der Waals surface area contributed by atoms with Gasteiger partial charge < -0.3 is 5.11 Å². The van der Waals surface area contributed by atoms with E-state index in [1.54, 1.807) is 18.2 Å². The van der Waals surface area contributed by atoms with Crippen LogP contribution < -0.4 is 16.0 Å². The van der Waals surface area contributed by atoms with Crippen LogP contribution in [0, 0.1) is 0 Å². The molecule has 2 rings (SSSR count). The van der Waals surface area contributed by atoms with E-state index in [9.17, 15) is 0 Å². The van der Waals surface area contributed by atoms with Crippen LogP contribution in [-0.4, -0.2) is 11.1 Å². The Morgan fingerprint density at radius 1 is 1.50 bits per heavy atom. The Bertz CT molecular complexity index is 346. The SMILES string of the molecule is NC1=[NH+]Cc2cc(O)ccc2N1. The normalized spacial score (nSPS) is 14.5. The van der Waals surface area contributed by atoms with Gasteiger partial charge in [-0.25, -0.2) is 5.32 Å². The van der Waals surface area contributed by atoms with E-state index in [1.165, 1.54) is 0 Å². The molecule has 0 saturated heterocycles. The molecule has 4 heteroatoms. The molecule has 0 bridgehead atoms. The van der Waals surface area contributed by atoms with Gasteiger partial charge in [0.05, 0.1) is 6.54 Å². The smallest absolute Gasteiger partial charge is 0.346 e. The van der Waals surface area contributed by atoms with Crippen molar-refractivity contribution < 1.29 is 10.1 Å². The molecule has 0 aromatic heterocycles. The van der Waals surface area contributed by atoms with E-state index >= 15 is 0 Å². The van der Waals surface area contributed by atoms with Crippen LogP contribution in [-0.2, 0) is 6.54 Å². The highest BCUT2D eigenvalue weighted by Crippen LogP contribution is 2.20. The molecule has 0 unspecified atom stereocenters. The van der Waals surface area contributed by atoms with Gasteiger partial charge in [-0.1, -0.05) is 0 Å².